The maximum Gasteiger partial charge on any atom is 0.122 e. The topological polar surface area (TPSA) is 28.4 Å². The Kier molecular flexibility index (Phi) is 5.67. The maximum absolute atomic E-state index is 5.71. The number of rotatable bonds is 8. The molecule has 1 aromatic rings. The minimum atomic E-state index is 0.549. The Morgan fingerprint density at radius 1 is 1.30 bits per heavy atom. The van der Waals surface area contributed by atoms with Gasteiger partial charge in [0.1, 0.15) is 5.76 Å². The minimum Gasteiger partial charge on any atom is -0.468 e. The molecule has 0 saturated carbocycles. The molecule has 1 fully saturated rings. The Morgan fingerprint density at radius 3 is 2.75 bits per heavy atom. The van der Waals surface area contributed by atoms with Crippen molar-refractivity contribution in [1.29, 1.82) is 0 Å². The summed E-state index contributed by atoms with van der Waals surface area (Å²) in [4.78, 5) is 2.56. The summed E-state index contributed by atoms with van der Waals surface area (Å²) < 4.78 is 5.71. The van der Waals surface area contributed by atoms with Crippen molar-refractivity contribution in [2.24, 2.45) is 5.41 Å². The van der Waals surface area contributed by atoms with Gasteiger partial charge in [0.2, 0.25) is 0 Å². The fraction of sp³-hybridized carbons (Fsp3) is 0.765. The molecule has 20 heavy (non-hydrogen) atoms. The average Bonchev–Trinajstić information content (AvgIpc) is 3.08. The summed E-state index contributed by atoms with van der Waals surface area (Å²) in [5.41, 5.74) is 1.87. The van der Waals surface area contributed by atoms with E-state index >= 15 is 0 Å². The quantitative estimate of drug-likeness (QED) is 0.733. The summed E-state index contributed by atoms with van der Waals surface area (Å²) in [6, 6.07) is 2.11. The van der Waals surface area contributed by atoms with Crippen LogP contribution in [0.25, 0.3) is 0 Å². The Bertz CT molecular complexity index is 395. The van der Waals surface area contributed by atoms with Crippen LogP contribution in [-0.4, -0.2) is 24.5 Å². The van der Waals surface area contributed by atoms with Crippen molar-refractivity contribution in [2.45, 2.75) is 59.5 Å². The van der Waals surface area contributed by atoms with Crippen LogP contribution in [0, 0.1) is 5.41 Å². The van der Waals surface area contributed by atoms with Gasteiger partial charge >= 0.3 is 0 Å². The van der Waals surface area contributed by atoms with E-state index in [0.29, 0.717) is 5.41 Å². The van der Waals surface area contributed by atoms with Crippen LogP contribution in [0.2, 0.25) is 0 Å². The number of hydrogen-bond donors (Lipinski definition) is 1. The molecule has 114 valence electrons. The van der Waals surface area contributed by atoms with Crippen molar-refractivity contribution in [3.63, 3.8) is 0 Å². The SMILES string of the molecule is CCCNCc1ccoc1CN1CCC(CC)(CC)C1. The van der Waals surface area contributed by atoms with Gasteiger partial charge in [-0.3, -0.25) is 4.90 Å². The van der Waals surface area contributed by atoms with Crippen molar-refractivity contribution < 1.29 is 4.42 Å². The van der Waals surface area contributed by atoms with Gasteiger partial charge in [0.05, 0.1) is 12.8 Å². The molecule has 2 heterocycles. The summed E-state index contributed by atoms with van der Waals surface area (Å²) >= 11 is 0. The van der Waals surface area contributed by atoms with Gasteiger partial charge in [0.15, 0.2) is 0 Å². The third-order valence-electron chi connectivity index (χ3n) is 4.96. The Labute approximate surface area is 123 Å². The van der Waals surface area contributed by atoms with Gasteiger partial charge in [0, 0.05) is 18.7 Å². The molecule has 0 amide bonds. The zero-order valence-electron chi connectivity index (χ0n) is 13.4. The molecule has 2 rings (SSSR count). The summed E-state index contributed by atoms with van der Waals surface area (Å²) in [5.74, 6) is 1.15. The van der Waals surface area contributed by atoms with E-state index in [-0.39, 0.29) is 0 Å². The first-order valence-corrected chi connectivity index (χ1v) is 8.21. The van der Waals surface area contributed by atoms with Gasteiger partial charge in [-0.2, -0.15) is 0 Å². The average molecular weight is 278 g/mol. The van der Waals surface area contributed by atoms with E-state index in [4.69, 9.17) is 4.42 Å². The second-order valence-electron chi connectivity index (χ2n) is 6.21. The second kappa shape index (κ2) is 7.28. The lowest BCUT2D eigenvalue weighted by Gasteiger charge is -2.26. The standard InChI is InChI=1S/C17H30N2O/c1-4-9-18-12-15-7-11-20-16(15)13-19-10-8-17(5-2,6-3)14-19/h7,11,18H,4-6,8-10,12-14H2,1-3H3. The largest absolute Gasteiger partial charge is 0.468 e. The molecule has 0 aliphatic carbocycles. The van der Waals surface area contributed by atoms with E-state index < -0.39 is 0 Å². The summed E-state index contributed by atoms with van der Waals surface area (Å²) in [5, 5.41) is 3.46. The molecule has 1 saturated heterocycles. The highest BCUT2D eigenvalue weighted by Crippen LogP contribution is 2.37. The normalized spacial score (nSPS) is 18.8. The monoisotopic (exact) mass is 278 g/mol. The van der Waals surface area contributed by atoms with Crippen LogP contribution in [-0.2, 0) is 13.1 Å². The minimum absolute atomic E-state index is 0.549. The predicted octanol–water partition coefficient (Wildman–Crippen LogP) is 3.79. The molecule has 1 aliphatic rings. The summed E-state index contributed by atoms with van der Waals surface area (Å²) in [6.45, 7) is 12.3. The van der Waals surface area contributed by atoms with Gasteiger partial charge in [-0.1, -0.05) is 20.8 Å². The number of nitrogens with one attached hydrogen (secondary N) is 1. The van der Waals surface area contributed by atoms with Crippen molar-refractivity contribution in [2.75, 3.05) is 19.6 Å². The van der Waals surface area contributed by atoms with Gasteiger partial charge in [-0.05, 0) is 50.3 Å². The van der Waals surface area contributed by atoms with Crippen molar-refractivity contribution in [3.05, 3.63) is 23.7 Å². The van der Waals surface area contributed by atoms with E-state index in [0.717, 1.165) is 25.4 Å². The lowest BCUT2D eigenvalue weighted by molar-refractivity contribution is 0.225. The molecule has 1 aliphatic heterocycles. The zero-order valence-corrected chi connectivity index (χ0v) is 13.4. The number of nitrogens with zero attached hydrogens (tertiary/aromatic N) is 1. The maximum atomic E-state index is 5.71. The van der Waals surface area contributed by atoms with Crippen molar-refractivity contribution >= 4 is 0 Å². The van der Waals surface area contributed by atoms with E-state index in [1.807, 2.05) is 6.26 Å². The van der Waals surface area contributed by atoms with Gasteiger partial charge in [-0.25, -0.2) is 0 Å². The van der Waals surface area contributed by atoms with Gasteiger partial charge in [0.25, 0.3) is 0 Å². The predicted molar refractivity (Wildman–Crippen MR) is 83.6 cm³/mol. The van der Waals surface area contributed by atoms with E-state index in [1.165, 1.54) is 44.3 Å². The molecule has 0 aromatic carbocycles. The molecule has 3 nitrogen and oxygen atoms in total. The summed E-state index contributed by atoms with van der Waals surface area (Å²) in [7, 11) is 0. The second-order valence-corrected chi connectivity index (χ2v) is 6.21. The highest BCUT2D eigenvalue weighted by atomic mass is 16.3. The van der Waals surface area contributed by atoms with Gasteiger partial charge < -0.3 is 9.73 Å². The molecule has 0 atom stereocenters. The van der Waals surface area contributed by atoms with Crippen molar-refractivity contribution in [3.8, 4) is 0 Å². The van der Waals surface area contributed by atoms with Crippen LogP contribution < -0.4 is 5.32 Å². The number of furan rings is 1. The van der Waals surface area contributed by atoms with Crippen LogP contribution in [0.5, 0.6) is 0 Å². The van der Waals surface area contributed by atoms with Crippen molar-refractivity contribution in [1.82, 2.24) is 10.2 Å². The lowest BCUT2D eigenvalue weighted by Crippen LogP contribution is -2.26. The van der Waals surface area contributed by atoms with E-state index in [1.54, 1.807) is 0 Å². The van der Waals surface area contributed by atoms with Crippen LogP contribution in [0.15, 0.2) is 16.7 Å². The van der Waals surface area contributed by atoms with E-state index in [9.17, 15) is 0 Å². The molecule has 0 bridgehead atoms. The fourth-order valence-electron chi connectivity index (χ4n) is 3.26. The van der Waals surface area contributed by atoms with Crippen LogP contribution in [0.4, 0.5) is 0 Å². The Balaban J connectivity index is 1.90. The van der Waals surface area contributed by atoms with Crippen LogP contribution in [0.3, 0.4) is 0 Å². The fourth-order valence-corrected chi connectivity index (χ4v) is 3.26. The third kappa shape index (κ3) is 3.64. The van der Waals surface area contributed by atoms with Gasteiger partial charge in [-0.15, -0.1) is 0 Å². The molecule has 0 radical (unpaired) electrons. The summed E-state index contributed by atoms with van der Waals surface area (Å²) in [6.07, 6.45) is 6.94. The van der Waals surface area contributed by atoms with E-state index in [2.05, 4.69) is 37.1 Å². The van der Waals surface area contributed by atoms with Crippen LogP contribution >= 0.6 is 0 Å². The lowest BCUT2D eigenvalue weighted by atomic mass is 9.82. The highest BCUT2D eigenvalue weighted by Gasteiger charge is 2.35. The first-order chi connectivity index (χ1) is 9.73. The Morgan fingerprint density at radius 2 is 2.10 bits per heavy atom. The first-order valence-electron chi connectivity index (χ1n) is 8.21. The number of likely N-dealkylation sites (tertiary alicyclic amines) is 1. The molecule has 0 unspecified atom stereocenters. The molecular weight excluding hydrogens is 248 g/mol. The molecule has 1 N–H and O–H groups in total. The third-order valence-corrected chi connectivity index (χ3v) is 4.96. The smallest absolute Gasteiger partial charge is 0.122 e. The Hall–Kier alpha value is -0.800. The molecule has 0 spiro atoms. The molecular formula is C17H30N2O. The molecule has 3 heteroatoms. The molecule has 1 aromatic heterocycles. The zero-order chi connectivity index (χ0) is 14.4. The highest BCUT2D eigenvalue weighted by molar-refractivity contribution is 5.17. The van der Waals surface area contributed by atoms with Crippen LogP contribution in [0.1, 0.15) is 57.8 Å². The number of hydrogen-bond acceptors (Lipinski definition) is 3. The first kappa shape index (κ1) is 15.6.